The molecule has 2 heterocycles. The summed E-state index contributed by atoms with van der Waals surface area (Å²) in [6.07, 6.45) is 3.31. The number of ether oxygens (including phenoxy) is 1. The van der Waals surface area contributed by atoms with E-state index in [4.69, 9.17) is 9.73 Å². The number of nitrogens with one attached hydrogen (secondary N) is 1. The van der Waals surface area contributed by atoms with Crippen molar-refractivity contribution in [3.05, 3.63) is 59.2 Å². The molecule has 0 unspecified atom stereocenters. The number of anilines is 2. The molecule has 2 aromatic carbocycles. The molecule has 25 heavy (non-hydrogen) atoms. The molecule has 2 aliphatic heterocycles. The van der Waals surface area contributed by atoms with Crippen molar-refractivity contribution in [2.24, 2.45) is 4.99 Å². The highest BCUT2D eigenvalue weighted by Gasteiger charge is 2.22. The Morgan fingerprint density at radius 1 is 1.12 bits per heavy atom. The Morgan fingerprint density at radius 3 is 2.72 bits per heavy atom. The highest BCUT2D eigenvalue weighted by atomic mass is 16.5. The van der Waals surface area contributed by atoms with Crippen molar-refractivity contribution < 1.29 is 4.74 Å². The first-order valence-corrected chi connectivity index (χ1v) is 8.67. The molecule has 4 nitrogen and oxygen atoms in total. The summed E-state index contributed by atoms with van der Waals surface area (Å²) in [6.45, 7) is 4.12. The molecule has 4 heteroatoms. The van der Waals surface area contributed by atoms with Crippen LogP contribution >= 0.6 is 0 Å². The van der Waals surface area contributed by atoms with Gasteiger partial charge in [0.1, 0.15) is 5.75 Å². The van der Waals surface area contributed by atoms with Crippen molar-refractivity contribution in [1.29, 1.82) is 0 Å². The zero-order valence-corrected chi connectivity index (χ0v) is 15.0. The van der Waals surface area contributed by atoms with E-state index in [-0.39, 0.29) is 0 Å². The Labute approximate surface area is 148 Å². The molecule has 0 atom stereocenters. The smallest absolute Gasteiger partial charge is 0.119 e. The number of methoxy groups -OCH3 is 1. The molecule has 128 valence electrons. The average molecular weight is 333 g/mol. The molecule has 0 bridgehead atoms. The molecule has 0 saturated carbocycles. The average Bonchev–Trinajstić information content (AvgIpc) is 2.78. The van der Waals surface area contributed by atoms with Crippen LogP contribution in [0.15, 0.2) is 53.0 Å². The number of rotatable bonds is 2. The SMILES string of the molecule is COc1ccc2c(c1)C(C1=CCN(C)CC1)=Nc1cc(C)ccc1N2. The number of likely N-dealkylation sites (N-methyl/N-ethyl adjacent to an activating group) is 1. The Kier molecular flexibility index (Phi) is 4.06. The van der Waals surface area contributed by atoms with E-state index in [1.807, 2.05) is 6.07 Å². The van der Waals surface area contributed by atoms with Gasteiger partial charge in [-0.3, -0.25) is 0 Å². The maximum Gasteiger partial charge on any atom is 0.119 e. The lowest BCUT2D eigenvalue weighted by Gasteiger charge is -2.23. The zero-order valence-electron chi connectivity index (χ0n) is 15.0. The van der Waals surface area contributed by atoms with Crippen LogP contribution in [-0.2, 0) is 0 Å². The predicted octanol–water partition coefficient (Wildman–Crippen LogP) is 4.44. The number of hydrogen-bond donors (Lipinski definition) is 1. The molecule has 4 rings (SSSR count). The Bertz CT molecular complexity index is 883. The van der Waals surface area contributed by atoms with E-state index >= 15 is 0 Å². The number of aryl methyl sites for hydroxylation is 1. The van der Waals surface area contributed by atoms with Gasteiger partial charge in [-0.1, -0.05) is 12.1 Å². The van der Waals surface area contributed by atoms with Crippen LogP contribution in [0.3, 0.4) is 0 Å². The third kappa shape index (κ3) is 3.05. The zero-order chi connectivity index (χ0) is 17.4. The summed E-state index contributed by atoms with van der Waals surface area (Å²) in [4.78, 5) is 7.40. The number of hydrogen-bond acceptors (Lipinski definition) is 4. The lowest BCUT2D eigenvalue weighted by atomic mass is 9.95. The Hall–Kier alpha value is -2.59. The van der Waals surface area contributed by atoms with E-state index in [0.29, 0.717) is 0 Å². The molecule has 0 fully saturated rings. The maximum absolute atomic E-state index is 5.46. The van der Waals surface area contributed by atoms with Gasteiger partial charge >= 0.3 is 0 Å². The van der Waals surface area contributed by atoms with E-state index in [9.17, 15) is 0 Å². The third-order valence-electron chi connectivity index (χ3n) is 4.85. The fourth-order valence-electron chi connectivity index (χ4n) is 3.35. The molecule has 0 saturated heterocycles. The fraction of sp³-hybridized carbons (Fsp3) is 0.286. The molecule has 0 spiro atoms. The second-order valence-corrected chi connectivity index (χ2v) is 6.76. The molecule has 2 aliphatic rings. The van der Waals surface area contributed by atoms with E-state index in [1.54, 1.807) is 7.11 Å². The minimum atomic E-state index is 0.851. The predicted molar refractivity (Wildman–Crippen MR) is 104 cm³/mol. The molecule has 1 N–H and O–H groups in total. The molecular weight excluding hydrogens is 310 g/mol. The lowest BCUT2D eigenvalue weighted by molar-refractivity contribution is 0.362. The van der Waals surface area contributed by atoms with Crippen LogP contribution < -0.4 is 10.1 Å². The molecule has 0 aromatic heterocycles. The molecular formula is C21H23N3O. The summed E-state index contributed by atoms with van der Waals surface area (Å²) in [7, 11) is 3.86. The summed E-state index contributed by atoms with van der Waals surface area (Å²) in [5, 5.41) is 3.55. The van der Waals surface area contributed by atoms with Crippen LogP contribution in [0, 0.1) is 6.92 Å². The molecule has 2 aromatic rings. The number of fused-ring (bicyclic) bond motifs is 2. The van der Waals surface area contributed by atoms with Gasteiger partial charge in [0.15, 0.2) is 0 Å². The van der Waals surface area contributed by atoms with Crippen LogP contribution in [0.5, 0.6) is 5.75 Å². The largest absolute Gasteiger partial charge is 0.497 e. The monoisotopic (exact) mass is 333 g/mol. The van der Waals surface area contributed by atoms with Gasteiger partial charge in [0.25, 0.3) is 0 Å². The highest BCUT2D eigenvalue weighted by Crippen LogP contribution is 2.38. The van der Waals surface area contributed by atoms with Gasteiger partial charge in [0, 0.05) is 24.3 Å². The van der Waals surface area contributed by atoms with E-state index in [2.05, 4.69) is 60.6 Å². The lowest BCUT2D eigenvalue weighted by Crippen LogP contribution is -2.26. The van der Waals surface area contributed by atoms with Crippen molar-refractivity contribution in [2.75, 3.05) is 32.6 Å². The first kappa shape index (κ1) is 15.9. The first-order chi connectivity index (χ1) is 12.1. The topological polar surface area (TPSA) is 36.9 Å². The van der Waals surface area contributed by atoms with Gasteiger partial charge in [-0.2, -0.15) is 0 Å². The number of benzene rings is 2. The van der Waals surface area contributed by atoms with Crippen molar-refractivity contribution in [3.63, 3.8) is 0 Å². The summed E-state index contributed by atoms with van der Waals surface area (Å²) in [6, 6.07) is 12.5. The molecule has 0 aliphatic carbocycles. The standard InChI is InChI=1S/C21H23N3O/c1-14-4-6-19-20(12-14)23-21(15-8-10-24(2)11-9-15)17-13-16(25-3)5-7-18(17)22-19/h4-8,12-13,22H,9-11H2,1-3H3. The van der Waals surface area contributed by atoms with E-state index in [1.165, 1.54) is 11.1 Å². The van der Waals surface area contributed by atoms with Gasteiger partial charge in [-0.05, 0) is 61.9 Å². The second-order valence-electron chi connectivity index (χ2n) is 6.76. The summed E-state index contributed by atoms with van der Waals surface area (Å²) in [5.74, 6) is 0.851. The van der Waals surface area contributed by atoms with Crippen molar-refractivity contribution in [3.8, 4) is 5.75 Å². The van der Waals surface area contributed by atoms with Crippen LogP contribution in [0.2, 0.25) is 0 Å². The maximum atomic E-state index is 5.46. The van der Waals surface area contributed by atoms with Gasteiger partial charge in [0.05, 0.1) is 24.2 Å². The van der Waals surface area contributed by atoms with Crippen molar-refractivity contribution in [1.82, 2.24) is 4.90 Å². The second kappa shape index (κ2) is 6.37. The quantitative estimate of drug-likeness (QED) is 0.882. The molecule has 0 radical (unpaired) electrons. The van der Waals surface area contributed by atoms with Gasteiger partial charge in [-0.25, -0.2) is 4.99 Å². The van der Waals surface area contributed by atoms with Crippen molar-refractivity contribution >= 4 is 22.8 Å². The van der Waals surface area contributed by atoms with E-state index in [0.717, 1.165) is 53.6 Å². The van der Waals surface area contributed by atoms with Gasteiger partial charge in [-0.15, -0.1) is 0 Å². The number of aliphatic imine (C=N–C) groups is 1. The van der Waals surface area contributed by atoms with Gasteiger partial charge < -0.3 is 15.0 Å². The minimum absolute atomic E-state index is 0.851. The summed E-state index contributed by atoms with van der Waals surface area (Å²) < 4.78 is 5.46. The Balaban J connectivity index is 1.91. The summed E-state index contributed by atoms with van der Waals surface area (Å²) >= 11 is 0. The van der Waals surface area contributed by atoms with Crippen LogP contribution in [0.25, 0.3) is 0 Å². The minimum Gasteiger partial charge on any atom is -0.497 e. The van der Waals surface area contributed by atoms with Gasteiger partial charge in [0.2, 0.25) is 0 Å². The normalized spacial score (nSPS) is 16.8. The van der Waals surface area contributed by atoms with Crippen LogP contribution in [0.1, 0.15) is 17.5 Å². The Morgan fingerprint density at radius 2 is 1.96 bits per heavy atom. The van der Waals surface area contributed by atoms with E-state index < -0.39 is 0 Å². The molecule has 0 amide bonds. The first-order valence-electron chi connectivity index (χ1n) is 8.67. The van der Waals surface area contributed by atoms with Crippen molar-refractivity contribution in [2.45, 2.75) is 13.3 Å². The van der Waals surface area contributed by atoms with Crippen LogP contribution in [-0.4, -0.2) is 37.9 Å². The third-order valence-corrected chi connectivity index (χ3v) is 4.85. The number of nitrogens with zero attached hydrogens (tertiary/aromatic N) is 2. The fourth-order valence-corrected chi connectivity index (χ4v) is 3.35. The summed E-state index contributed by atoms with van der Waals surface area (Å²) in [5.41, 5.74) is 7.78. The highest BCUT2D eigenvalue weighted by molar-refractivity contribution is 6.18. The van der Waals surface area contributed by atoms with Crippen LogP contribution in [0.4, 0.5) is 17.1 Å².